The number of hydrogen-bond acceptors (Lipinski definition) is 4. The molecule has 24 heavy (non-hydrogen) atoms. The minimum atomic E-state index is -4.57. The van der Waals surface area contributed by atoms with E-state index in [0.717, 1.165) is 12.3 Å². The van der Waals surface area contributed by atoms with Crippen molar-refractivity contribution in [2.75, 3.05) is 31.1 Å². The fourth-order valence-corrected chi connectivity index (χ4v) is 2.95. The molecule has 1 aromatic heterocycles. The molecule has 1 N–H and O–H groups in total. The molecule has 2 aliphatic heterocycles. The zero-order valence-electron chi connectivity index (χ0n) is 12.6. The summed E-state index contributed by atoms with van der Waals surface area (Å²) in [5, 5.41) is 2.60. The Balaban J connectivity index is 1.95. The molecule has 0 spiro atoms. The summed E-state index contributed by atoms with van der Waals surface area (Å²) in [7, 11) is 0. The van der Waals surface area contributed by atoms with Gasteiger partial charge in [-0.25, -0.2) is 4.98 Å². The lowest BCUT2D eigenvalue weighted by molar-refractivity contribution is -0.137. The van der Waals surface area contributed by atoms with Crippen molar-refractivity contribution in [1.82, 2.24) is 15.2 Å². The third kappa shape index (κ3) is 2.81. The summed E-state index contributed by atoms with van der Waals surface area (Å²) in [6, 6.07) is 0.568. The van der Waals surface area contributed by atoms with Gasteiger partial charge in [0.1, 0.15) is 5.82 Å². The highest BCUT2D eigenvalue weighted by Crippen LogP contribution is 2.33. The van der Waals surface area contributed by atoms with E-state index in [4.69, 9.17) is 0 Å². The molecule has 0 saturated carbocycles. The van der Waals surface area contributed by atoms with E-state index in [1.165, 1.54) is 6.08 Å². The van der Waals surface area contributed by atoms with Crippen molar-refractivity contribution in [2.45, 2.75) is 12.2 Å². The van der Waals surface area contributed by atoms with Gasteiger partial charge in [-0.3, -0.25) is 9.59 Å². The second-order valence-electron chi connectivity index (χ2n) is 5.64. The second kappa shape index (κ2) is 5.81. The normalized spacial score (nSPS) is 20.6. The van der Waals surface area contributed by atoms with Crippen LogP contribution in [0, 0.1) is 0 Å². The van der Waals surface area contributed by atoms with Crippen molar-refractivity contribution in [3.63, 3.8) is 0 Å². The number of halogens is 3. The molecule has 1 saturated heterocycles. The number of nitrogens with zero attached hydrogens (tertiary/aromatic N) is 3. The first-order chi connectivity index (χ1) is 11.3. The Hall–Kier alpha value is -2.58. The molecular formula is C15H15F3N4O2. The SMILES string of the molecule is C=CC(=O)N1CCN2c3ncc(C(F)(F)F)cc3C(=O)NCC2C1. The molecule has 128 valence electrons. The van der Waals surface area contributed by atoms with Crippen LogP contribution >= 0.6 is 0 Å². The summed E-state index contributed by atoms with van der Waals surface area (Å²) < 4.78 is 38.6. The second-order valence-corrected chi connectivity index (χ2v) is 5.64. The number of rotatable bonds is 1. The number of anilines is 1. The van der Waals surface area contributed by atoms with Crippen LogP contribution in [0.3, 0.4) is 0 Å². The molecule has 0 aliphatic carbocycles. The summed E-state index contributed by atoms with van der Waals surface area (Å²) in [5.74, 6) is -0.598. The fraction of sp³-hybridized carbons (Fsp3) is 0.400. The van der Waals surface area contributed by atoms with Crippen LogP contribution in [0.2, 0.25) is 0 Å². The minimum Gasteiger partial charge on any atom is -0.350 e. The average Bonchev–Trinajstić information content (AvgIpc) is 2.70. The first-order valence-corrected chi connectivity index (χ1v) is 7.34. The molecule has 2 aliphatic rings. The van der Waals surface area contributed by atoms with Gasteiger partial charge in [-0.2, -0.15) is 13.2 Å². The van der Waals surface area contributed by atoms with Gasteiger partial charge >= 0.3 is 6.18 Å². The van der Waals surface area contributed by atoms with Crippen LogP contribution in [0.4, 0.5) is 19.0 Å². The third-order valence-corrected chi connectivity index (χ3v) is 4.18. The molecule has 0 radical (unpaired) electrons. The summed E-state index contributed by atoms with van der Waals surface area (Å²) in [4.78, 5) is 31.2. The van der Waals surface area contributed by atoms with Crippen LogP contribution in [-0.4, -0.2) is 53.9 Å². The van der Waals surface area contributed by atoms with Crippen LogP contribution in [0.5, 0.6) is 0 Å². The molecule has 3 rings (SSSR count). The van der Waals surface area contributed by atoms with Crippen LogP contribution in [0.25, 0.3) is 0 Å². The molecule has 1 aromatic rings. The molecule has 0 bridgehead atoms. The molecule has 1 unspecified atom stereocenters. The van der Waals surface area contributed by atoms with Crippen LogP contribution in [0.15, 0.2) is 24.9 Å². The Morgan fingerprint density at radius 1 is 1.42 bits per heavy atom. The predicted molar refractivity (Wildman–Crippen MR) is 79.5 cm³/mol. The van der Waals surface area contributed by atoms with E-state index in [1.807, 2.05) is 0 Å². The standard InChI is InChI=1S/C15H15F3N4O2/c1-2-12(23)21-3-4-22-10(8-21)7-20-14(24)11-5-9(15(16,17)18)6-19-13(11)22/h2,5-6,10H,1,3-4,7-8H2,(H,20,24). The Kier molecular flexibility index (Phi) is 3.94. The van der Waals surface area contributed by atoms with Crippen molar-refractivity contribution < 1.29 is 22.8 Å². The minimum absolute atomic E-state index is 0.101. The summed E-state index contributed by atoms with van der Waals surface area (Å²) in [5.41, 5.74) is -1.06. The number of nitrogens with one attached hydrogen (secondary N) is 1. The van der Waals surface area contributed by atoms with Gasteiger partial charge in [-0.05, 0) is 12.1 Å². The van der Waals surface area contributed by atoms with Crippen molar-refractivity contribution in [3.05, 3.63) is 36.0 Å². The number of aromatic nitrogens is 1. The van der Waals surface area contributed by atoms with Crippen molar-refractivity contribution in [3.8, 4) is 0 Å². The van der Waals surface area contributed by atoms with Gasteiger partial charge < -0.3 is 15.1 Å². The molecule has 9 heteroatoms. The smallest absolute Gasteiger partial charge is 0.350 e. The number of carbonyl (C=O) groups is 2. The van der Waals surface area contributed by atoms with Crippen LogP contribution in [-0.2, 0) is 11.0 Å². The Morgan fingerprint density at radius 2 is 2.17 bits per heavy atom. The van der Waals surface area contributed by atoms with E-state index in [-0.39, 0.29) is 29.9 Å². The van der Waals surface area contributed by atoms with E-state index in [0.29, 0.717) is 19.6 Å². The number of fused-ring (bicyclic) bond motifs is 3. The van der Waals surface area contributed by atoms with Crippen molar-refractivity contribution >= 4 is 17.6 Å². The molecule has 6 nitrogen and oxygen atoms in total. The molecular weight excluding hydrogens is 325 g/mol. The number of carbonyl (C=O) groups excluding carboxylic acids is 2. The zero-order chi connectivity index (χ0) is 17.5. The van der Waals surface area contributed by atoms with Crippen molar-refractivity contribution in [1.29, 1.82) is 0 Å². The highest BCUT2D eigenvalue weighted by atomic mass is 19.4. The summed E-state index contributed by atoms with van der Waals surface area (Å²) >= 11 is 0. The van der Waals surface area contributed by atoms with Crippen LogP contribution < -0.4 is 10.2 Å². The zero-order valence-corrected chi connectivity index (χ0v) is 12.6. The van der Waals surface area contributed by atoms with Gasteiger partial charge in [0.2, 0.25) is 5.91 Å². The van der Waals surface area contributed by atoms with E-state index in [9.17, 15) is 22.8 Å². The van der Waals surface area contributed by atoms with Gasteiger partial charge in [-0.1, -0.05) is 6.58 Å². The molecule has 1 fully saturated rings. The van der Waals surface area contributed by atoms with Gasteiger partial charge in [0, 0.05) is 32.4 Å². The fourth-order valence-electron chi connectivity index (χ4n) is 2.95. The van der Waals surface area contributed by atoms with E-state index < -0.39 is 17.6 Å². The monoisotopic (exact) mass is 340 g/mol. The Morgan fingerprint density at radius 3 is 2.83 bits per heavy atom. The van der Waals surface area contributed by atoms with E-state index >= 15 is 0 Å². The lowest BCUT2D eigenvalue weighted by atomic mass is 10.1. The van der Waals surface area contributed by atoms with Gasteiger partial charge in [-0.15, -0.1) is 0 Å². The maximum atomic E-state index is 12.9. The third-order valence-electron chi connectivity index (χ3n) is 4.18. The summed E-state index contributed by atoms with van der Waals surface area (Å²) in [6.45, 7) is 4.77. The lowest BCUT2D eigenvalue weighted by Gasteiger charge is -2.41. The first-order valence-electron chi connectivity index (χ1n) is 7.34. The number of alkyl halides is 3. The lowest BCUT2D eigenvalue weighted by Crippen LogP contribution is -2.57. The largest absolute Gasteiger partial charge is 0.417 e. The molecule has 0 aromatic carbocycles. The van der Waals surface area contributed by atoms with Gasteiger partial charge in [0.15, 0.2) is 0 Å². The Labute approximate surface area is 135 Å². The van der Waals surface area contributed by atoms with Gasteiger partial charge in [0.05, 0.1) is 17.2 Å². The first kappa shape index (κ1) is 16.3. The van der Waals surface area contributed by atoms with E-state index in [2.05, 4.69) is 16.9 Å². The number of pyridine rings is 1. The van der Waals surface area contributed by atoms with Crippen molar-refractivity contribution in [2.24, 2.45) is 0 Å². The highest BCUT2D eigenvalue weighted by molar-refractivity contribution is 6.00. The quantitative estimate of drug-likeness (QED) is 0.776. The van der Waals surface area contributed by atoms with E-state index in [1.54, 1.807) is 9.80 Å². The molecule has 3 heterocycles. The summed E-state index contributed by atoms with van der Waals surface area (Å²) in [6.07, 6.45) is -2.62. The number of piperazine rings is 1. The maximum Gasteiger partial charge on any atom is 0.417 e. The molecule has 1 atom stereocenters. The average molecular weight is 340 g/mol. The number of hydrogen-bond donors (Lipinski definition) is 1. The topological polar surface area (TPSA) is 65.5 Å². The molecule has 2 amide bonds. The maximum absolute atomic E-state index is 12.9. The highest BCUT2D eigenvalue weighted by Gasteiger charge is 2.37. The van der Waals surface area contributed by atoms with Gasteiger partial charge in [0.25, 0.3) is 5.91 Å². The Bertz CT molecular complexity index is 704. The van der Waals surface area contributed by atoms with Crippen LogP contribution in [0.1, 0.15) is 15.9 Å². The number of amides is 2. The predicted octanol–water partition coefficient (Wildman–Crippen LogP) is 1.05.